The van der Waals surface area contributed by atoms with Crippen molar-refractivity contribution in [2.75, 3.05) is 6.61 Å². The Labute approximate surface area is 109 Å². The second kappa shape index (κ2) is 4.84. The van der Waals surface area contributed by atoms with Crippen molar-refractivity contribution in [2.24, 2.45) is 29.6 Å². The molecule has 1 unspecified atom stereocenters. The average molecular weight is 251 g/mol. The van der Waals surface area contributed by atoms with E-state index >= 15 is 0 Å². The fourth-order valence-electron chi connectivity index (χ4n) is 4.96. The first-order valence-electron chi connectivity index (χ1n) is 7.58. The Morgan fingerprint density at radius 1 is 1.17 bits per heavy atom. The molecule has 0 spiro atoms. The fourth-order valence-corrected chi connectivity index (χ4v) is 4.96. The molecule has 4 saturated carbocycles. The summed E-state index contributed by atoms with van der Waals surface area (Å²) in [4.78, 5) is 12.4. The minimum Gasteiger partial charge on any atom is -0.396 e. The number of carbonyl (C=O) groups is 1. The number of aliphatic hydroxyl groups excluding tert-OH is 1. The minimum atomic E-state index is 0.111. The van der Waals surface area contributed by atoms with Crippen molar-refractivity contribution in [3.63, 3.8) is 0 Å². The Morgan fingerprint density at radius 3 is 2.22 bits per heavy atom. The molecule has 0 aliphatic heterocycles. The number of nitrogens with one attached hydrogen (secondary N) is 1. The van der Waals surface area contributed by atoms with Crippen LogP contribution in [0, 0.1) is 29.6 Å². The van der Waals surface area contributed by atoms with Crippen molar-refractivity contribution in [3.8, 4) is 0 Å². The molecule has 1 amide bonds. The SMILES string of the molecule is CC(CCO)NC(=O)C1C2CC3CC(C2)CC1C3. The van der Waals surface area contributed by atoms with Gasteiger partial charge in [-0.25, -0.2) is 0 Å². The molecule has 0 heterocycles. The molecule has 3 heteroatoms. The molecule has 4 aliphatic carbocycles. The van der Waals surface area contributed by atoms with Crippen LogP contribution in [0.5, 0.6) is 0 Å². The lowest BCUT2D eigenvalue weighted by molar-refractivity contribution is -0.138. The summed E-state index contributed by atoms with van der Waals surface area (Å²) >= 11 is 0. The van der Waals surface area contributed by atoms with E-state index in [-0.39, 0.29) is 24.5 Å². The fraction of sp³-hybridized carbons (Fsp3) is 0.933. The van der Waals surface area contributed by atoms with E-state index in [0.717, 1.165) is 11.8 Å². The van der Waals surface area contributed by atoms with Crippen molar-refractivity contribution in [1.82, 2.24) is 5.32 Å². The molecule has 0 aromatic carbocycles. The van der Waals surface area contributed by atoms with Gasteiger partial charge in [0, 0.05) is 18.6 Å². The highest BCUT2D eigenvalue weighted by Gasteiger charge is 2.50. The van der Waals surface area contributed by atoms with Gasteiger partial charge in [-0.05, 0) is 69.1 Å². The first kappa shape index (κ1) is 12.5. The summed E-state index contributed by atoms with van der Waals surface area (Å²) in [7, 11) is 0. The van der Waals surface area contributed by atoms with Gasteiger partial charge in [0.05, 0.1) is 0 Å². The maximum atomic E-state index is 12.4. The Hall–Kier alpha value is -0.570. The van der Waals surface area contributed by atoms with Gasteiger partial charge < -0.3 is 10.4 Å². The third kappa shape index (κ3) is 2.18. The van der Waals surface area contributed by atoms with Crippen LogP contribution in [0.3, 0.4) is 0 Å². The largest absolute Gasteiger partial charge is 0.396 e. The van der Waals surface area contributed by atoms with Crippen LogP contribution in [0.1, 0.15) is 45.4 Å². The normalized spacial score (nSPS) is 42.9. The zero-order valence-corrected chi connectivity index (χ0v) is 11.3. The van der Waals surface area contributed by atoms with Gasteiger partial charge in [-0.2, -0.15) is 0 Å². The molecule has 1 atom stereocenters. The van der Waals surface area contributed by atoms with E-state index in [1.807, 2.05) is 6.92 Å². The van der Waals surface area contributed by atoms with Crippen LogP contribution in [0.15, 0.2) is 0 Å². The summed E-state index contributed by atoms with van der Waals surface area (Å²) in [6, 6.07) is 0.111. The number of carbonyl (C=O) groups excluding carboxylic acids is 1. The molecule has 18 heavy (non-hydrogen) atoms. The van der Waals surface area contributed by atoms with Gasteiger partial charge >= 0.3 is 0 Å². The van der Waals surface area contributed by atoms with Crippen LogP contribution in [0.4, 0.5) is 0 Å². The van der Waals surface area contributed by atoms with E-state index in [2.05, 4.69) is 5.32 Å². The van der Waals surface area contributed by atoms with Crippen LogP contribution in [0.2, 0.25) is 0 Å². The lowest BCUT2D eigenvalue weighted by atomic mass is 9.51. The van der Waals surface area contributed by atoms with Crippen molar-refractivity contribution in [3.05, 3.63) is 0 Å². The summed E-state index contributed by atoms with van der Waals surface area (Å²) in [6.07, 6.45) is 7.26. The maximum absolute atomic E-state index is 12.4. The van der Waals surface area contributed by atoms with Crippen molar-refractivity contribution in [2.45, 2.75) is 51.5 Å². The molecule has 4 bridgehead atoms. The third-order valence-electron chi connectivity index (χ3n) is 5.48. The van der Waals surface area contributed by atoms with Gasteiger partial charge in [0.1, 0.15) is 0 Å². The van der Waals surface area contributed by atoms with E-state index in [0.29, 0.717) is 18.3 Å². The van der Waals surface area contributed by atoms with Crippen LogP contribution in [-0.4, -0.2) is 23.7 Å². The zero-order valence-electron chi connectivity index (χ0n) is 11.3. The van der Waals surface area contributed by atoms with Crippen molar-refractivity contribution < 1.29 is 9.90 Å². The third-order valence-corrected chi connectivity index (χ3v) is 5.48. The maximum Gasteiger partial charge on any atom is 0.223 e. The summed E-state index contributed by atoms with van der Waals surface area (Å²) in [5.74, 6) is 3.70. The molecule has 4 fully saturated rings. The summed E-state index contributed by atoms with van der Waals surface area (Å²) in [5.41, 5.74) is 0. The van der Waals surface area contributed by atoms with Gasteiger partial charge in [-0.3, -0.25) is 4.79 Å². The molecule has 0 aromatic rings. The Kier molecular flexibility index (Phi) is 3.35. The van der Waals surface area contributed by atoms with Crippen LogP contribution < -0.4 is 5.32 Å². The first-order valence-corrected chi connectivity index (χ1v) is 7.58. The summed E-state index contributed by atoms with van der Waals surface area (Å²) in [5, 5.41) is 12.0. The highest BCUT2D eigenvalue weighted by Crippen LogP contribution is 2.56. The molecular formula is C15H25NO2. The molecule has 0 radical (unpaired) electrons. The molecule has 0 saturated heterocycles. The van der Waals surface area contributed by atoms with E-state index in [1.165, 1.54) is 32.1 Å². The van der Waals surface area contributed by atoms with E-state index in [1.54, 1.807) is 0 Å². The van der Waals surface area contributed by atoms with Gasteiger partial charge in [0.2, 0.25) is 5.91 Å². The predicted molar refractivity (Wildman–Crippen MR) is 69.8 cm³/mol. The van der Waals surface area contributed by atoms with Crippen LogP contribution in [0.25, 0.3) is 0 Å². The van der Waals surface area contributed by atoms with Gasteiger partial charge in [0.15, 0.2) is 0 Å². The Balaban J connectivity index is 1.64. The lowest BCUT2D eigenvalue weighted by Crippen LogP contribution is -2.52. The topological polar surface area (TPSA) is 49.3 Å². The molecule has 4 aliphatic rings. The standard InChI is InChI=1S/C15H25NO2/c1-9(2-3-17)16-15(18)14-12-5-10-4-11(7-12)8-13(14)6-10/h9-14,17H,2-8H2,1H3,(H,16,18). The van der Waals surface area contributed by atoms with E-state index < -0.39 is 0 Å². The predicted octanol–water partition coefficient (Wildman–Crippen LogP) is 1.95. The van der Waals surface area contributed by atoms with Gasteiger partial charge in [-0.15, -0.1) is 0 Å². The van der Waals surface area contributed by atoms with Crippen LogP contribution in [-0.2, 0) is 4.79 Å². The van der Waals surface area contributed by atoms with Gasteiger partial charge in [-0.1, -0.05) is 0 Å². The van der Waals surface area contributed by atoms with Gasteiger partial charge in [0.25, 0.3) is 0 Å². The number of hydrogen-bond acceptors (Lipinski definition) is 2. The molecule has 3 nitrogen and oxygen atoms in total. The second-order valence-electron chi connectivity index (χ2n) is 6.88. The first-order chi connectivity index (χ1) is 8.67. The number of amides is 1. The smallest absolute Gasteiger partial charge is 0.223 e. The van der Waals surface area contributed by atoms with E-state index in [4.69, 9.17) is 5.11 Å². The Morgan fingerprint density at radius 2 is 1.72 bits per heavy atom. The number of rotatable bonds is 4. The molecule has 2 N–H and O–H groups in total. The molecular weight excluding hydrogens is 226 g/mol. The van der Waals surface area contributed by atoms with Crippen molar-refractivity contribution >= 4 is 5.91 Å². The molecule has 4 rings (SSSR count). The number of hydrogen-bond donors (Lipinski definition) is 2. The summed E-state index contributed by atoms with van der Waals surface area (Å²) < 4.78 is 0. The quantitative estimate of drug-likeness (QED) is 0.802. The second-order valence-corrected chi connectivity index (χ2v) is 6.88. The minimum absolute atomic E-state index is 0.111. The van der Waals surface area contributed by atoms with Crippen molar-refractivity contribution in [1.29, 1.82) is 0 Å². The summed E-state index contributed by atoms with van der Waals surface area (Å²) in [6.45, 7) is 2.15. The Bertz CT molecular complexity index is 300. The van der Waals surface area contributed by atoms with Crippen LogP contribution >= 0.6 is 0 Å². The molecule has 102 valence electrons. The molecule has 0 aromatic heterocycles. The monoisotopic (exact) mass is 251 g/mol. The van der Waals surface area contributed by atoms with E-state index in [9.17, 15) is 4.79 Å². The zero-order chi connectivity index (χ0) is 12.7. The lowest BCUT2D eigenvalue weighted by Gasteiger charge is -2.53. The highest BCUT2D eigenvalue weighted by molar-refractivity contribution is 5.80. The highest BCUT2D eigenvalue weighted by atomic mass is 16.3. The number of aliphatic hydroxyl groups is 1. The average Bonchev–Trinajstić information content (AvgIpc) is 2.27.